The van der Waals surface area contributed by atoms with Crippen LogP contribution in [-0.4, -0.2) is 16.0 Å². The number of hydrogen-bond acceptors (Lipinski definition) is 6. The zero-order chi connectivity index (χ0) is 22.1. The third kappa shape index (κ3) is 4.69. The Morgan fingerprint density at radius 3 is 2.74 bits per heavy atom. The number of nitrogens with one attached hydrogen (secondary N) is 1. The summed E-state index contributed by atoms with van der Waals surface area (Å²) >= 11 is 16.7. The van der Waals surface area contributed by atoms with Crippen molar-refractivity contribution in [3.63, 3.8) is 0 Å². The average Bonchev–Trinajstić information content (AvgIpc) is 3.32. The largest absolute Gasteiger partial charge is 0.457 e. The van der Waals surface area contributed by atoms with E-state index in [1.54, 1.807) is 36.4 Å². The van der Waals surface area contributed by atoms with Crippen LogP contribution in [0, 0.1) is 10.1 Å². The average molecular weight is 539 g/mol. The van der Waals surface area contributed by atoms with E-state index in [0.29, 0.717) is 47.4 Å². The molecule has 7 nitrogen and oxygen atoms in total. The van der Waals surface area contributed by atoms with Crippen molar-refractivity contribution in [1.82, 2.24) is 5.32 Å². The van der Waals surface area contributed by atoms with Crippen LogP contribution in [0.5, 0.6) is 0 Å². The Morgan fingerprint density at radius 2 is 2.00 bits per heavy atom. The van der Waals surface area contributed by atoms with Crippen LogP contribution in [0.15, 0.2) is 67.3 Å². The number of hydrogen-bond donors (Lipinski definition) is 1. The number of aliphatic imine (C=N–C) groups is 1. The molecular formula is C20H10BrCl2N3O4S. The van der Waals surface area contributed by atoms with Crippen molar-refractivity contribution in [2.45, 2.75) is 0 Å². The van der Waals surface area contributed by atoms with Gasteiger partial charge in [0.15, 0.2) is 5.17 Å². The zero-order valence-corrected chi connectivity index (χ0v) is 19.2. The highest BCUT2D eigenvalue weighted by atomic mass is 79.9. The van der Waals surface area contributed by atoms with E-state index >= 15 is 0 Å². The van der Waals surface area contributed by atoms with E-state index < -0.39 is 4.92 Å². The molecule has 1 fully saturated rings. The van der Waals surface area contributed by atoms with Crippen LogP contribution in [-0.2, 0) is 4.79 Å². The molecule has 0 spiro atoms. The van der Waals surface area contributed by atoms with E-state index in [1.165, 1.54) is 18.2 Å². The van der Waals surface area contributed by atoms with E-state index in [9.17, 15) is 14.9 Å². The molecule has 0 bridgehead atoms. The van der Waals surface area contributed by atoms with Crippen molar-refractivity contribution >= 4 is 79.4 Å². The predicted molar refractivity (Wildman–Crippen MR) is 126 cm³/mol. The molecule has 1 aliphatic rings. The normalized spacial score (nSPS) is 16.2. The van der Waals surface area contributed by atoms with Crippen LogP contribution in [0.4, 0.5) is 11.4 Å². The van der Waals surface area contributed by atoms with Gasteiger partial charge < -0.3 is 9.73 Å². The summed E-state index contributed by atoms with van der Waals surface area (Å²) in [7, 11) is 0. The van der Waals surface area contributed by atoms with E-state index in [4.69, 9.17) is 27.6 Å². The molecule has 11 heteroatoms. The van der Waals surface area contributed by atoms with E-state index in [1.807, 2.05) is 0 Å². The fourth-order valence-electron chi connectivity index (χ4n) is 2.69. The number of amidine groups is 1. The Bertz CT molecular complexity index is 1290. The third-order valence-electron chi connectivity index (χ3n) is 4.13. The van der Waals surface area contributed by atoms with Crippen LogP contribution in [0.25, 0.3) is 17.4 Å². The number of furan rings is 1. The smallest absolute Gasteiger partial charge is 0.270 e. The van der Waals surface area contributed by atoms with Gasteiger partial charge in [0.05, 0.1) is 30.0 Å². The molecule has 0 atom stereocenters. The molecule has 1 N–H and O–H groups in total. The monoisotopic (exact) mass is 537 g/mol. The molecule has 2 heterocycles. The third-order valence-corrected chi connectivity index (χ3v) is 6.50. The minimum absolute atomic E-state index is 0.0621. The lowest BCUT2D eigenvalue weighted by Gasteiger charge is -2.01. The Hall–Kier alpha value is -2.59. The first-order valence-electron chi connectivity index (χ1n) is 8.59. The molecule has 3 aromatic rings. The fraction of sp³-hybridized carbons (Fsp3) is 0. The molecule has 2 aromatic carbocycles. The Balaban J connectivity index is 1.56. The summed E-state index contributed by atoms with van der Waals surface area (Å²) < 4.78 is 6.24. The number of thioether (sulfide) groups is 1. The first-order chi connectivity index (χ1) is 14.8. The quantitative estimate of drug-likeness (QED) is 0.223. The van der Waals surface area contributed by atoms with Crippen molar-refractivity contribution in [3.8, 4) is 11.3 Å². The van der Waals surface area contributed by atoms with Gasteiger partial charge in [0, 0.05) is 23.8 Å². The maximum atomic E-state index is 12.3. The fourth-order valence-corrected chi connectivity index (χ4v) is 4.35. The summed E-state index contributed by atoms with van der Waals surface area (Å²) in [6.45, 7) is 0. The number of benzene rings is 2. The summed E-state index contributed by atoms with van der Waals surface area (Å²) in [6, 6.07) is 12.9. The highest BCUT2D eigenvalue weighted by molar-refractivity contribution is 9.10. The Morgan fingerprint density at radius 1 is 1.19 bits per heavy atom. The number of amides is 1. The lowest BCUT2D eigenvalue weighted by Crippen LogP contribution is -2.19. The van der Waals surface area contributed by atoms with Crippen LogP contribution in [0.1, 0.15) is 5.76 Å². The second kappa shape index (κ2) is 8.88. The number of rotatable bonds is 4. The Labute approximate surface area is 198 Å². The van der Waals surface area contributed by atoms with Gasteiger partial charge in [-0.3, -0.25) is 14.9 Å². The van der Waals surface area contributed by atoms with Gasteiger partial charge in [-0.25, -0.2) is 4.99 Å². The van der Waals surface area contributed by atoms with Gasteiger partial charge in [0.25, 0.3) is 11.6 Å². The number of carbonyl (C=O) groups is 1. The van der Waals surface area contributed by atoms with Gasteiger partial charge in [0.1, 0.15) is 11.5 Å². The molecule has 0 aliphatic carbocycles. The van der Waals surface area contributed by atoms with Gasteiger partial charge in [-0.1, -0.05) is 29.3 Å². The van der Waals surface area contributed by atoms with Crippen molar-refractivity contribution in [2.75, 3.05) is 0 Å². The number of nitrogens with zero attached hydrogens (tertiary/aromatic N) is 2. The topological polar surface area (TPSA) is 97.7 Å². The van der Waals surface area contributed by atoms with E-state index in [-0.39, 0.29) is 11.6 Å². The van der Waals surface area contributed by atoms with Crippen LogP contribution < -0.4 is 5.32 Å². The zero-order valence-electron chi connectivity index (χ0n) is 15.3. The molecule has 1 saturated heterocycles. The van der Waals surface area contributed by atoms with Gasteiger partial charge in [-0.05, 0) is 58.0 Å². The lowest BCUT2D eigenvalue weighted by atomic mass is 10.2. The Kier molecular flexibility index (Phi) is 6.19. The highest BCUT2D eigenvalue weighted by Gasteiger charge is 2.25. The second-order valence-corrected chi connectivity index (χ2v) is 8.85. The summed E-state index contributed by atoms with van der Waals surface area (Å²) in [5, 5.41) is 14.7. The minimum atomic E-state index is -0.497. The van der Waals surface area contributed by atoms with Gasteiger partial charge in [0.2, 0.25) is 0 Å². The van der Waals surface area contributed by atoms with Crippen LogP contribution in [0.3, 0.4) is 0 Å². The van der Waals surface area contributed by atoms with E-state index in [0.717, 1.165) is 11.8 Å². The van der Waals surface area contributed by atoms with Crippen molar-refractivity contribution in [1.29, 1.82) is 0 Å². The molecule has 4 rings (SSSR count). The second-order valence-electron chi connectivity index (χ2n) is 6.18. The maximum absolute atomic E-state index is 12.3. The molecule has 1 amide bonds. The molecule has 31 heavy (non-hydrogen) atoms. The molecule has 1 aromatic heterocycles. The van der Waals surface area contributed by atoms with Crippen molar-refractivity contribution in [3.05, 3.63) is 83.8 Å². The molecule has 156 valence electrons. The number of halogens is 3. The van der Waals surface area contributed by atoms with Crippen LogP contribution in [0.2, 0.25) is 10.0 Å². The number of carbonyl (C=O) groups excluding carboxylic acids is 1. The van der Waals surface area contributed by atoms with Gasteiger partial charge >= 0.3 is 0 Å². The standard InChI is InChI=1S/C20H10BrCl2N3O4S/c21-13-8-10(26(28)29)4-6-15(13)24-20-25-19(27)17(31-20)9-11-5-7-16(30-11)12-2-1-3-14(22)18(12)23/h1-9H,(H,24,25,27)/b17-9+. The van der Waals surface area contributed by atoms with Gasteiger partial charge in [-0.15, -0.1) is 0 Å². The maximum Gasteiger partial charge on any atom is 0.270 e. The first kappa shape index (κ1) is 21.6. The predicted octanol–water partition coefficient (Wildman–Crippen LogP) is 6.82. The van der Waals surface area contributed by atoms with Crippen LogP contribution >= 0.6 is 50.9 Å². The summed E-state index contributed by atoms with van der Waals surface area (Å²) in [5.74, 6) is 0.647. The molecular weight excluding hydrogens is 529 g/mol. The van der Waals surface area contributed by atoms with Gasteiger partial charge in [-0.2, -0.15) is 0 Å². The van der Waals surface area contributed by atoms with Crippen molar-refractivity contribution < 1.29 is 14.1 Å². The molecule has 0 unspecified atom stereocenters. The first-order valence-corrected chi connectivity index (χ1v) is 11.0. The molecule has 0 radical (unpaired) electrons. The molecule has 0 saturated carbocycles. The van der Waals surface area contributed by atoms with E-state index in [2.05, 4.69) is 26.2 Å². The molecule has 1 aliphatic heterocycles. The summed E-state index contributed by atoms with van der Waals surface area (Å²) in [4.78, 5) is 27.4. The summed E-state index contributed by atoms with van der Waals surface area (Å²) in [6.07, 6.45) is 1.59. The number of nitro groups is 1. The van der Waals surface area contributed by atoms with Crippen molar-refractivity contribution in [2.24, 2.45) is 4.99 Å². The lowest BCUT2D eigenvalue weighted by molar-refractivity contribution is -0.384. The highest BCUT2D eigenvalue weighted by Crippen LogP contribution is 2.36. The number of nitro benzene ring substituents is 1. The summed E-state index contributed by atoms with van der Waals surface area (Å²) in [5.41, 5.74) is 1.03. The number of non-ortho nitro benzene ring substituents is 1. The minimum Gasteiger partial charge on any atom is -0.457 e. The SMILES string of the molecule is O=C1NC(=Nc2ccc([N+](=O)[O-])cc2Br)S/C1=C/c1ccc(-c2cccc(Cl)c2Cl)o1.